The number of esters is 1. The monoisotopic (exact) mass is 152 g/mol. The van der Waals surface area contributed by atoms with E-state index < -0.39 is 0 Å². The molecule has 3 nitrogen and oxygen atoms in total. The Balaban J connectivity index is 3.06. The molecule has 0 bridgehead atoms. The summed E-state index contributed by atoms with van der Waals surface area (Å²) in [5.41, 5.74) is 0. The lowest BCUT2D eigenvalue weighted by Gasteiger charge is -1.97. The van der Waals surface area contributed by atoms with Gasteiger partial charge in [0.05, 0.1) is 11.9 Å². The molecule has 0 N–H and O–H groups in total. The predicted octanol–water partition coefficient (Wildman–Crippen LogP) is 1.46. The van der Waals surface area contributed by atoms with Gasteiger partial charge in [-0.05, 0) is 6.42 Å². The zero-order valence-electron chi connectivity index (χ0n) is 5.22. The molecule has 4 heteroatoms. The Bertz CT molecular complexity index is 84.3. The second kappa shape index (κ2) is 5.85. The molecule has 0 aromatic heterocycles. The Morgan fingerprint density at radius 2 is 2.33 bits per heavy atom. The Morgan fingerprint density at radius 1 is 1.67 bits per heavy atom. The van der Waals surface area contributed by atoms with Crippen LogP contribution < -0.4 is 0 Å². The molecule has 0 aromatic rings. The molecule has 0 saturated heterocycles. The van der Waals surface area contributed by atoms with Gasteiger partial charge in [0.25, 0.3) is 0 Å². The molecule has 0 aliphatic rings. The second-order valence-corrected chi connectivity index (χ2v) is 1.71. The van der Waals surface area contributed by atoms with Crippen molar-refractivity contribution < 1.29 is 13.8 Å². The van der Waals surface area contributed by atoms with Gasteiger partial charge in [0.15, 0.2) is 0 Å². The number of carbonyl (C=O) groups is 1. The maximum Gasteiger partial charge on any atom is 0.307 e. The summed E-state index contributed by atoms with van der Waals surface area (Å²) in [7, 11) is 0. The van der Waals surface area contributed by atoms with E-state index >= 15 is 0 Å². The van der Waals surface area contributed by atoms with Crippen molar-refractivity contribution in [1.82, 2.24) is 0 Å². The minimum Gasteiger partial charge on any atom is -0.437 e. The molecule has 0 fully saturated rings. The fourth-order valence-corrected chi connectivity index (χ4v) is 0.409. The Labute approximate surface area is 59.1 Å². The molecule has 0 rings (SSSR count). The fraction of sp³-hybridized carbons (Fsp3) is 0.800. The maximum absolute atomic E-state index is 10.4. The number of ether oxygens (including phenoxy) is 1. The van der Waals surface area contributed by atoms with E-state index in [1.165, 1.54) is 0 Å². The van der Waals surface area contributed by atoms with Crippen molar-refractivity contribution in [3.63, 3.8) is 0 Å². The van der Waals surface area contributed by atoms with E-state index in [2.05, 4.69) is 9.03 Å². The highest BCUT2D eigenvalue weighted by molar-refractivity contribution is 6.07. The normalized spacial score (nSPS) is 9.11. The van der Waals surface area contributed by atoms with Gasteiger partial charge in [-0.2, -0.15) is 0 Å². The quantitative estimate of drug-likeness (QED) is 0.452. The lowest BCUT2D eigenvalue weighted by molar-refractivity contribution is -0.149. The van der Waals surface area contributed by atoms with Crippen LogP contribution in [0.15, 0.2) is 0 Å². The largest absolute Gasteiger partial charge is 0.437 e. The predicted molar refractivity (Wildman–Crippen MR) is 32.8 cm³/mol. The summed E-state index contributed by atoms with van der Waals surface area (Å²) in [6, 6.07) is 0. The van der Waals surface area contributed by atoms with E-state index in [4.69, 9.17) is 11.9 Å². The van der Waals surface area contributed by atoms with Gasteiger partial charge in [0.2, 0.25) is 6.79 Å². The molecule has 0 aliphatic carbocycles. The molecule has 0 amide bonds. The third-order valence-electron chi connectivity index (χ3n) is 0.719. The van der Waals surface area contributed by atoms with Gasteiger partial charge in [-0.3, -0.25) is 4.79 Å². The lowest BCUT2D eigenvalue weighted by atomic mass is 10.3. The van der Waals surface area contributed by atoms with Crippen molar-refractivity contribution in [3.05, 3.63) is 0 Å². The highest BCUT2D eigenvalue weighted by atomic mass is 35.5. The number of hydrogen-bond acceptors (Lipinski definition) is 3. The summed E-state index contributed by atoms with van der Waals surface area (Å²) >= 11 is 4.77. The molecule has 0 spiro atoms. The van der Waals surface area contributed by atoms with E-state index in [1.807, 2.05) is 6.92 Å². The smallest absolute Gasteiger partial charge is 0.307 e. The highest BCUT2D eigenvalue weighted by Crippen LogP contribution is 1.91. The van der Waals surface area contributed by atoms with Crippen LogP contribution in [0.5, 0.6) is 0 Å². The lowest BCUT2D eigenvalue weighted by Crippen LogP contribution is -2.04. The first-order valence-corrected chi connectivity index (χ1v) is 3.01. The van der Waals surface area contributed by atoms with Gasteiger partial charge in [0.1, 0.15) is 0 Å². The standard InChI is InChI=1S/C5H9ClO3/c1-2-3-5(7)8-4-9-6/h2-4H2,1H3. The van der Waals surface area contributed by atoms with Crippen molar-refractivity contribution in [1.29, 1.82) is 0 Å². The van der Waals surface area contributed by atoms with E-state index in [-0.39, 0.29) is 12.8 Å². The average molecular weight is 153 g/mol. The Kier molecular flexibility index (Phi) is 5.67. The van der Waals surface area contributed by atoms with Crippen LogP contribution in [0.3, 0.4) is 0 Å². The molecule has 0 saturated carbocycles. The number of halogens is 1. The van der Waals surface area contributed by atoms with Crippen LogP contribution in [0.2, 0.25) is 0 Å². The van der Waals surface area contributed by atoms with Crippen molar-refractivity contribution in [2.45, 2.75) is 19.8 Å². The molecular weight excluding hydrogens is 144 g/mol. The van der Waals surface area contributed by atoms with Crippen LogP contribution in [0, 0.1) is 0 Å². The number of carbonyl (C=O) groups excluding carboxylic acids is 1. The van der Waals surface area contributed by atoms with Crippen molar-refractivity contribution >= 4 is 17.8 Å². The zero-order chi connectivity index (χ0) is 7.11. The summed E-state index contributed by atoms with van der Waals surface area (Å²) in [6.07, 6.45) is 1.20. The summed E-state index contributed by atoms with van der Waals surface area (Å²) in [4.78, 5) is 10.4. The minimum absolute atomic E-state index is 0.166. The third-order valence-corrected chi connectivity index (χ3v) is 0.808. The van der Waals surface area contributed by atoms with E-state index in [0.29, 0.717) is 6.42 Å². The average Bonchev–Trinajstić information content (AvgIpc) is 1.85. The molecule has 0 atom stereocenters. The van der Waals surface area contributed by atoms with Crippen LogP contribution in [0.4, 0.5) is 0 Å². The van der Waals surface area contributed by atoms with Crippen LogP contribution >= 0.6 is 11.9 Å². The molecule has 0 aromatic carbocycles. The van der Waals surface area contributed by atoms with Gasteiger partial charge < -0.3 is 4.74 Å². The molecule has 54 valence electrons. The summed E-state index contributed by atoms with van der Waals surface area (Å²) < 4.78 is 8.43. The summed E-state index contributed by atoms with van der Waals surface area (Å²) in [5.74, 6) is -0.279. The summed E-state index contributed by atoms with van der Waals surface area (Å²) in [5, 5.41) is 0. The van der Waals surface area contributed by atoms with Gasteiger partial charge in [0, 0.05) is 6.42 Å². The highest BCUT2D eigenvalue weighted by Gasteiger charge is 1.97. The topological polar surface area (TPSA) is 35.5 Å². The maximum atomic E-state index is 10.4. The first-order chi connectivity index (χ1) is 4.31. The zero-order valence-corrected chi connectivity index (χ0v) is 5.98. The molecule has 9 heavy (non-hydrogen) atoms. The number of hydrogen-bond donors (Lipinski definition) is 0. The molecular formula is C5H9ClO3. The summed E-state index contributed by atoms with van der Waals surface area (Å²) in [6.45, 7) is 1.73. The minimum atomic E-state index is -0.279. The Morgan fingerprint density at radius 3 is 2.78 bits per heavy atom. The van der Waals surface area contributed by atoms with E-state index in [9.17, 15) is 4.79 Å². The molecule has 0 unspecified atom stereocenters. The third kappa shape index (κ3) is 5.59. The fourth-order valence-electron chi connectivity index (χ4n) is 0.364. The van der Waals surface area contributed by atoms with Crippen LogP contribution in [0.1, 0.15) is 19.8 Å². The first kappa shape index (κ1) is 8.72. The second-order valence-electron chi connectivity index (χ2n) is 1.49. The van der Waals surface area contributed by atoms with Gasteiger partial charge in [-0.25, -0.2) is 4.29 Å². The van der Waals surface area contributed by atoms with E-state index in [1.54, 1.807) is 0 Å². The van der Waals surface area contributed by atoms with Gasteiger partial charge >= 0.3 is 5.97 Å². The molecule has 0 aliphatic heterocycles. The van der Waals surface area contributed by atoms with Gasteiger partial charge in [-0.15, -0.1) is 0 Å². The van der Waals surface area contributed by atoms with Crippen molar-refractivity contribution in [2.75, 3.05) is 6.79 Å². The van der Waals surface area contributed by atoms with Crippen LogP contribution in [0.25, 0.3) is 0 Å². The molecule has 0 radical (unpaired) electrons. The van der Waals surface area contributed by atoms with Crippen molar-refractivity contribution in [3.8, 4) is 0 Å². The van der Waals surface area contributed by atoms with Crippen LogP contribution in [-0.4, -0.2) is 12.8 Å². The van der Waals surface area contributed by atoms with Crippen molar-refractivity contribution in [2.24, 2.45) is 0 Å². The Hall–Kier alpha value is -0.280. The van der Waals surface area contributed by atoms with Crippen LogP contribution in [-0.2, 0) is 13.8 Å². The van der Waals surface area contributed by atoms with Gasteiger partial charge in [-0.1, -0.05) is 6.92 Å². The SMILES string of the molecule is CCCC(=O)OCOCl. The molecule has 0 heterocycles. The first-order valence-electron chi connectivity index (χ1n) is 2.70. The van der Waals surface area contributed by atoms with E-state index in [0.717, 1.165) is 6.42 Å². The number of rotatable bonds is 4.